The van der Waals surface area contributed by atoms with Crippen LogP contribution in [-0.4, -0.2) is 87.4 Å². The lowest BCUT2D eigenvalue weighted by Gasteiger charge is -2.32. The predicted octanol–water partition coefficient (Wildman–Crippen LogP) is 1.15. The summed E-state index contributed by atoms with van der Waals surface area (Å²) in [6.07, 6.45) is 1.42. The highest BCUT2D eigenvalue weighted by Crippen LogP contribution is 2.35. The minimum Gasteiger partial charge on any atom is -0.496 e. The van der Waals surface area contributed by atoms with Crippen LogP contribution in [0.25, 0.3) is 0 Å². The number of H-pyrrole nitrogens is 1. The van der Waals surface area contributed by atoms with E-state index in [1.165, 1.54) is 0 Å². The lowest BCUT2D eigenvalue weighted by Crippen LogP contribution is -2.45. The number of hydrogen-bond acceptors (Lipinski definition) is 8. The Kier molecular flexibility index (Phi) is 6.86. The number of aromatic nitrogens is 2. The number of aromatic amines is 1. The number of benzene rings is 1. The van der Waals surface area contributed by atoms with Gasteiger partial charge in [-0.05, 0) is 19.5 Å². The first kappa shape index (κ1) is 22.4. The van der Waals surface area contributed by atoms with Crippen molar-refractivity contribution in [1.29, 1.82) is 0 Å². The van der Waals surface area contributed by atoms with Crippen molar-refractivity contribution in [2.24, 2.45) is 0 Å². The monoisotopic (exact) mass is 443 g/mol. The molecule has 0 radical (unpaired) electrons. The van der Waals surface area contributed by atoms with Crippen LogP contribution >= 0.6 is 0 Å². The fraction of sp³-hybridized carbons (Fsp3) is 0.565. The third kappa shape index (κ3) is 4.68. The van der Waals surface area contributed by atoms with E-state index in [1.54, 1.807) is 21.3 Å². The van der Waals surface area contributed by atoms with E-state index < -0.39 is 0 Å². The van der Waals surface area contributed by atoms with Gasteiger partial charge in [-0.2, -0.15) is 0 Å². The second kappa shape index (κ2) is 9.79. The molecule has 0 spiro atoms. The topological polar surface area (TPSA) is 83.2 Å². The number of anilines is 1. The van der Waals surface area contributed by atoms with Crippen molar-refractivity contribution in [3.63, 3.8) is 0 Å². The van der Waals surface area contributed by atoms with Gasteiger partial charge >= 0.3 is 0 Å². The number of ether oxygens (including phenoxy) is 3. The van der Waals surface area contributed by atoms with Crippen molar-refractivity contribution in [3.8, 4) is 17.2 Å². The number of likely N-dealkylation sites (N-methyl/N-ethyl adjacent to an activating group) is 1. The summed E-state index contributed by atoms with van der Waals surface area (Å²) < 4.78 is 16.5. The Bertz CT molecular complexity index is 1000. The molecule has 4 rings (SSSR count). The van der Waals surface area contributed by atoms with E-state index >= 15 is 0 Å². The maximum absolute atomic E-state index is 12.9. The smallest absolute Gasteiger partial charge is 0.255 e. The van der Waals surface area contributed by atoms with E-state index in [9.17, 15) is 4.79 Å². The number of rotatable bonds is 6. The Balaban J connectivity index is 1.51. The van der Waals surface area contributed by atoms with Gasteiger partial charge in [0, 0.05) is 69.4 Å². The van der Waals surface area contributed by atoms with Crippen LogP contribution in [0, 0.1) is 0 Å². The number of methoxy groups -OCH3 is 3. The number of fused-ring (bicyclic) bond motifs is 1. The van der Waals surface area contributed by atoms with Crippen molar-refractivity contribution in [2.45, 2.75) is 19.4 Å². The Morgan fingerprint density at radius 1 is 0.906 bits per heavy atom. The van der Waals surface area contributed by atoms with Crippen molar-refractivity contribution in [1.82, 2.24) is 19.8 Å². The van der Waals surface area contributed by atoms with E-state index in [4.69, 9.17) is 19.2 Å². The minimum atomic E-state index is -0.00512. The lowest BCUT2D eigenvalue weighted by atomic mass is 10.1. The van der Waals surface area contributed by atoms with Gasteiger partial charge in [-0.15, -0.1) is 0 Å². The van der Waals surface area contributed by atoms with Crippen LogP contribution in [0.15, 0.2) is 16.9 Å². The normalized spacial score (nSPS) is 17.6. The zero-order chi connectivity index (χ0) is 22.7. The number of nitrogens with one attached hydrogen (secondary N) is 1. The second-order valence-electron chi connectivity index (χ2n) is 8.40. The molecule has 3 heterocycles. The Morgan fingerprint density at radius 2 is 1.56 bits per heavy atom. The molecule has 0 bridgehead atoms. The molecule has 174 valence electrons. The molecule has 2 aliphatic rings. The molecule has 0 unspecified atom stereocenters. The predicted molar refractivity (Wildman–Crippen MR) is 123 cm³/mol. The molecule has 0 amide bonds. The Labute approximate surface area is 188 Å². The molecule has 32 heavy (non-hydrogen) atoms. The average Bonchev–Trinajstić information content (AvgIpc) is 3.02. The van der Waals surface area contributed by atoms with Gasteiger partial charge in [-0.25, -0.2) is 4.98 Å². The largest absolute Gasteiger partial charge is 0.496 e. The quantitative estimate of drug-likeness (QED) is 0.712. The molecular formula is C23H33N5O4. The summed E-state index contributed by atoms with van der Waals surface area (Å²) in [5, 5.41) is 0. The molecule has 0 aliphatic carbocycles. The van der Waals surface area contributed by atoms with E-state index in [2.05, 4.69) is 26.7 Å². The van der Waals surface area contributed by atoms with Crippen molar-refractivity contribution in [3.05, 3.63) is 39.3 Å². The Morgan fingerprint density at radius 3 is 2.25 bits per heavy atom. The van der Waals surface area contributed by atoms with Gasteiger partial charge in [-0.1, -0.05) is 0 Å². The SMILES string of the molecule is COc1cc(OC)c(OC)cc1CN1CCc2nc(N3CCN(C)CC3)[nH]c(=O)c2CC1. The van der Waals surface area contributed by atoms with Crippen molar-refractivity contribution < 1.29 is 14.2 Å². The highest BCUT2D eigenvalue weighted by Gasteiger charge is 2.23. The maximum Gasteiger partial charge on any atom is 0.255 e. The summed E-state index contributed by atoms with van der Waals surface area (Å²) in [7, 11) is 7.02. The minimum absolute atomic E-state index is 0.00512. The van der Waals surface area contributed by atoms with Gasteiger partial charge < -0.3 is 24.0 Å². The molecule has 9 nitrogen and oxygen atoms in total. The summed E-state index contributed by atoms with van der Waals surface area (Å²) >= 11 is 0. The van der Waals surface area contributed by atoms with Crippen LogP contribution < -0.4 is 24.7 Å². The number of nitrogens with zero attached hydrogens (tertiary/aromatic N) is 4. The van der Waals surface area contributed by atoms with Gasteiger partial charge in [0.1, 0.15) is 5.75 Å². The zero-order valence-electron chi connectivity index (χ0n) is 19.4. The van der Waals surface area contributed by atoms with Gasteiger partial charge in [0.25, 0.3) is 5.56 Å². The van der Waals surface area contributed by atoms with E-state index in [1.807, 2.05) is 12.1 Å². The first-order valence-electron chi connectivity index (χ1n) is 11.1. The fourth-order valence-corrected chi connectivity index (χ4v) is 4.42. The zero-order valence-corrected chi connectivity index (χ0v) is 19.4. The highest BCUT2D eigenvalue weighted by atomic mass is 16.5. The summed E-state index contributed by atoms with van der Waals surface area (Å²) in [5.41, 5.74) is 2.75. The maximum atomic E-state index is 12.9. The van der Waals surface area contributed by atoms with Crippen LogP contribution in [-0.2, 0) is 19.4 Å². The van der Waals surface area contributed by atoms with Crippen LogP contribution in [0.1, 0.15) is 16.8 Å². The van der Waals surface area contributed by atoms with Crippen molar-refractivity contribution in [2.75, 3.05) is 72.5 Å². The third-order valence-corrected chi connectivity index (χ3v) is 6.41. The molecule has 2 aliphatic heterocycles. The first-order valence-corrected chi connectivity index (χ1v) is 11.1. The molecular weight excluding hydrogens is 410 g/mol. The van der Waals surface area contributed by atoms with Gasteiger partial charge in [0.2, 0.25) is 5.95 Å². The third-order valence-electron chi connectivity index (χ3n) is 6.41. The van der Waals surface area contributed by atoms with E-state index in [0.29, 0.717) is 30.4 Å². The van der Waals surface area contributed by atoms with Crippen LogP contribution in [0.3, 0.4) is 0 Å². The van der Waals surface area contributed by atoms with Gasteiger partial charge in [-0.3, -0.25) is 14.7 Å². The number of hydrogen-bond donors (Lipinski definition) is 1. The molecule has 1 fully saturated rings. The van der Waals surface area contributed by atoms with Crippen LogP contribution in [0.4, 0.5) is 5.95 Å². The molecule has 0 atom stereocenters. The molecule has 1 aromatic carbocycles. The first-order chi connectivity index (χ1) is 15.5. The summed E-state index contributed by atoms with van der Waals surface area (Å²) in [6, 6.07) is 3.82. The molecule has 2 aromatic rings. The molecule has 9 heteroatoms. The number of piperazine rings is 1. The van der Waals surface area contributed by atoms with Gasteiger partial charge in [0.15, 0.2) is 11.5 Å². The molecule has 1 saturated heterocycles. The van der Waals surface area contributed by atoms with Gasteiger partial charge in [0.05, 0.1) is 27.0 Å². The Hall–Kier alpha value is -2.78. The lowest BCUT2D eigenvalue weighted by molar-refractivity contribution is 0.271. The second-order valence-corrected chi connectivity index (χ2v) is 8.40. The van der Waals surface area contributed by atoms with E-state index in [0.717, 1.165) is 68.3 Å². The summed E-state index contributed by atoms with van der Waals surface area (Å²) in [5.74, 6) is 2.79. The summed E-state index contributed by atoms with van der Waals surface area (Å²) in [6.45, 7) is 6.00. The average molecular weight is 444 g/mol. The molecule has 1 N–H and O–H groups in total. The molecule has 1 aromatic heterocycles. The summed E-state index contributed by atoms with van der Waals surface area (Å²) in [4.78, 5) is 27.6. The fourth-order valence-electron chi connectivity index (χ4n) is 4.42. The highest BCUT2D eigenvalue weighted by molar-refractivity contribution is 5.50. The van der Waals surface area contributed by atoms with E-state index in [-0.39, 0.29) is 5.56 Å². The van der Waals surface area contributed by atoms with Crippen LogP contribution in [0.5, 0.6) is 17.2 Å². The van der Waals surface area contributed by atoms with Crippen LogP contribution in [0.2, 0.25) is 0 Å². The standard InChI is InChI=1S/C23H33N5O4/c1-26-9-11-28(12-10-26)23-24-18-6-8-27(7-5-17(18)22(29)25-23)15-16-13-20(31-3)21(32-4)14-19(16)30-2/h13-14H,5-12,15H2,1-4H3,(H,24,25,29). The van der Waals surface area contributed by atoms with Crippen molar-refractivity contribution >= 4 is 5.95 Å². The molecule has 0 saturated carbocycles.